The van der Waals surface area contributed by atoms with Crippen LogP contribution < -0.4 is 0 Å². The Morgan fingerprint density at radius 3 is 2.44 bits per heavy atom. The SMILES string of the molecule is CC(C)(C)C(=O)O/N=C1/C(=C/c2ccccc2)C2CCC1(C)C2(C)C. The molecule has 3 nitrogen and oxygen atoms in total. The molecule has 2 aliphatic rings. The highest BCUT2D eigenvalue weighted by Gasteiger charge is 2.63. The number of benzene rings is 1. The van der Waals surface area contributed by atoms with Crippen molar-refractivity contribution in [3.8, 4) is 0 Å². The summed E-state index contributed by atoms with van der Waals surface area (Å²) in [5, 5.41) is 4.42. The summed E-state index contributed by atoms with van der Waals surface area (Å²) in [6, 6.07) is 10.3. The fourth-order valence-corrected chi connectivity index (χ4v) is 4.23. The third-order valence-corrected chi connectivity index (χ3v) is 6.35. The molecule has 1 aromatic rings. The van der Waals surface area contributed by atoms with Crippen molar-refractivity contribution in [2.45, 2.75) is 54.4 Å². The first kappa shape index (κ1) is 17.9. The number of carbonyl (C=O) groups is 1. The van der Waals surface area contributed by atoms with Crippen molar-refractivity contribution in [1.29, 1.82) is 0 Å². The van der Waals surface area contributed by atoms with Gasteiger partial charge in [0, 0.05) is 5.41 Å². The Morgan fingerprint density at radius 2 is 1.84 bits per heavy atom. The number of hydrogen-bond donors (Lipinski definition) is 0. The highest BCUT2D eigenvalue weighted by Crippen LogP contribution is 2.66. The molecule has 0 heterocycles. The molecular weight excluding hydrogens is 310 g/mol. The fraction of sp³-hybridized carbons (Fsp3) is 0.545. The van der Waals surface area contributed by atoms with Gasteiger partial charge in [0.25, 0.3) is 0 Å². The minimum absolute atomic E-state index is 0.0591. The van der Waals surface area contributed by atoms with Crippen molar-refractivity contribution in [1.82, 2.24) is 0 Å². The maximum atomic E-state index is 12.2. The molecule has 0 spiro atoms. The molecule has 2 aliphatic carbocycles. The lowest BCUT2D eigenvalue weighted by Gasteiger charge is -2.33. The van der Waals surface area contributed by atoms with E-state index in [1.165, 1.54) is 11.1 Å². The topological polar surface area (TPSA) is 38.7 Å². The van der Waals surface area contributed by atoms with Crippen LogP contribution in [0.2, 0.25) is 0 Å². The lowest BCUT2D eigenvalue weighted by Crippen LogP contribution is -2.33. The van der Waals surface area contributed by atoms with Crippen molar-refractivity contribution in [3.63, 3.8) is 0 Å². The molecule has 25 heavy (non-hydrogen) atoms. The highest BCUT2D eigenvalue weighted by atomic mass is 16.7. The standard InChI is InChI=1S/C22H29NO2/c1-20(2,3)19(24)25-23-18-16(14-15-10-8-7-9-11-15)17-12-13-22(18,6)21(17,4)5/h7-11,14,17H,12-13H2,1-6H3/b16-14+,23-18-. The lowest BCUT2D eigenvalue weighted by atomic mass is 9.70. The maximum absolute atomic E-state index is 12.2. The van der Waals surface area contributed by atoms with Crippen LogP contribution in [0, 0.1) is 22.2 Å². The minimum Gasteiger partial charge on any atom is -0.317 e. The van der Waals surface area contributed by atoms with Gasteiger partial charge in [-0.15, -0.1) is 0 Å². The quantitative estimate of drug-likeness (QED) is 0.529. The third-order valence-electron chi connectivity index (χ3n) is 6.35. The minimum atomic E-state index is -0.554. The maximum Gasteiger partial charge on any atom is 0.340 e. The number of hydrogen-bond acceptors (Lipinski definition) is 3. The smallest absolute Gasteiger partial charge is 0.317 e. The van der Waals surface area contributed by atoms with E-state index in [2.05, 4.69) is 44.1 Å². The van der Waals surface area contributed by atoms with E-state index in [0.717, 1.165) is 18.6 Å². The van der Waals surface area contributed by atoms with Crippen molar-refractivity contribution >= 4 is 17.8 Å². The Morgan fingerprint density at radius 1 is 1.20 bits per heavy atom. The number of oxime groups is 1. The summed E-state index contributed by atoms with van der Waals surface area (Å²) in [7, 11) is 0. The molecule has 0 N–H and O–H groups in total. The van der Waals surface area contributed by atoms with E-state index < -0.39 is 5.41 Å². The van der Waals surface area contributed by atoms with Gasteiger partial charge in [0.1, 0.15) is 0 Å². The zero-order valence-corrected chi connectivity index (χ0v) is 16.2. The van der Waals surface area contributed by atoms with Crippen molar-refractivity contribution in [2.75, 3.05) is 0 Å². The molecule has 3 rings (SSSR count). The molecule has 2 bridgehead atoms. The summed E-state index contributed by atoms with van der Waals surface area (Å²) in [5.74, 6) is 0.160. The normalized spacial score (nSPS) is 30.9. The summed E-state index contributed by atoms with van der Waals surface area (Å²) >= 11 is 0. The second-order valence-corrected chi connectivity index (χ2v) is 9.22. The van der Waals surface area contributed by atoms with Gasteiger partial charge >= 0.3 is 5.97 Å². The van der Waals surface area contributed by atoms with Crippen LogP contribution in [0.3, 0.4) is 0 Å². The Balaban J connectivity index is 2.03. The van der Waals surface area contributed by atoms with Crippen LogP contribution in [0.15, 0.2) is 41.1 Å². The van der Waals surface area contributed by atoms with Gasteiger partial charge in [0.05, 0.1) is 11.1 Å². The number of allylic oxidation sites excluding steroid dienone is 1. The molecule has 0 aromatic heterocycles. The summed E-state index contributed by atoms with van der Waals surface area (Å²) in [4.78, 5) is 17.6. The summed E-state index contributed by atoms with van der Waals surface area (Å²) in [6.07, 6.45) is 4.47. The van der Waals surface area contributed by atoms with E-state index in [4.69, 9.17) is 4.84 Å². The van der Waals surface area contributed by atoms with Crippen LogP contribution >= 0.6 is 0 Å². The van der Waals surface area contributed by atoms with Crippen LogP contribution in [0.5, 0.6) is 0 Å². The van der Waals surface area contributed by atoms with Gasteiger partial charge in [-0.3, -0.25) is 0 Å². The highest BCUT2D eigenvalue weighted by molar-refractivity contribution is 6.11. The molecule has 2 atom stereocenters. The zero-order valence-electron chi connectivity index (χ0n) is 16.2. The van der Waals surface area contributed by atoms with E-state index in [0.29, 0.717) is 5.92 Å². The van der Waals surface area contributed by atoms with E-state index in [-0.39, 0.29) is 16.8 Å². The molecule has 0 radical (unpaired) electrons. The molecule has 0 amide bonds. The van der Waals surface area contributed by atoms with Crippen LogP contribution in [0.1, 0.15) is 59.9 Å². The summed E-state index contributed by atoms with van der Waals surface area (Å²) < 4.78 is 0. The lowest BCUT2D eigenvalue weighted by molar-refractivity contribution is -0.153. The fourth-order valence-electron chi connectivity index (χ4n) is 4.23. The first-order valence-corrected chi connectivity index (χ1v) is 9.14. The molecule has 0 aliphatic heterocycles. The van der Waals surface area contributed by atoms with E-state index in [9.17, 15) is 4.79 Å². The summed E-state index contributed by atoms with van der Waals surface area (Å²) in [5.41, 5.74) is 2.85. The number of carbonyl (C=O) groups excluding carboxylic acids is 1. The number of rotatable bonds is 2. The van der Waals surface area contributed by atoms with Gasteiger partial charge in [-0.05, 0) is 62.2 Å². The summed E-state index contributed by atoms with van der Waals surface area (Å²) in [6.45, 7) is 12.5. The molecule has 0 saturated heterocycles. The average molecular weight is 339 g/mol. The molecule has 2 unspecified atom stereocenters. The monoisotopic (exact) mass is 339 g/mol. The Labute approximate surface area is 151 Å². The van der Waals surface area contributed by atoms with E-state index in [1.807, 2.05) is 39.0 Å². The number of fused-ring (bicyclic) bond motifs is 2. The van der Waals surface area contributed by atoms with Crippen molar-refractivity contribution in [2.24, 2.45) is 27.3 Å². The number of nitrogens with zero attached hydrogens (tertiary/aromatic N) is 1. The van der Waals surface area contributed by atoms with Crippen LogP contribution in [-0.2, 0) is 9.63 Å². The molecule has 134 valence electrons. The van der Waals surface area contributed by atoms with E-state index >= 15 is 0 Å². The Bertz CT molecular complexity index is 737. The Hall–Kier alpha value is -1.90. The predicted octanol–water partition coefficient (Wildman–Crippen LogP) is 5.47. The van der Waals surface area contributed by atoms with Gasteiger partial charge in [-0.25, -0.2) is 4.79 Å². The van der Waals surface area contributed by atoms with Gasteiger partial charge in [-0.1, -0.05) is 56.3 Å². The second kappa shape index (κ2) is 5.82. The molecule has 2 saturated carbocycles. The first-order chi connectivity index (χ1) is 11.6. The average Bonchev–Trinajstić information content (AvgIpc) is 2.84. The van der Waals surface area contributed by atoms with Crippen LogP contribution in [-0.4, -0.2) is 11.7 Å². The molecule has 1 aromatic carbocycles. The zero-order chi connectivity index (χ0) is 18.5. The van der Waals surface area contributed by atoms with Gasteiger partial charge in [0.2, 0.25) is 0 Å². The van der Waals surface area contributed by atoms with Crippen LogP contribution in [0.25, 0.3) is 6.08 Å². The molecule has 3 heteroatoms. The van der Waals surface area contributed by atoms with Gasteiger partial charge in [0.15, 0.2) is 0 Å². The van der Waals surface area contributed by atoms with E-state index in [1.54, 1.807) is 0 Å². The first-order valence-electron chi connectivity index (χ1n) is 9.14. The second-order valence-electron chi connectivity index (χ2n) is 9.22. The van der Waals surface area contributed by atoms with Crippen LogP contribution in [0.4, 0.5) is 0 Å². The van der Waals surface area contributed by atoms with Gasteiger partial charge < -0.3 is 4.84 Å². The third kappa shape index (κ3) is 2.84. The van der Waals surface area contributed by atoms with Gasteiger partial charge in [-0.2, -0.15) is 0 Å². The van der Waals surface area contributed by atoms with Crippen molar-refractivity contribution in [3.05, 3.63) is 41.5 Å². The largest absolute Gasteiger partial charge is 0.340 e. The predicted molar refractivity (Wildman–Crippen MR) is 102 cm³/mol. The van der Waals surface area contributed by atoms with Crippen molar-refractivity contribution < 1.29 is 9.63 Å². The molecular formula is C22H29NO2. The Kier molecular flexibility index (Phi) is 4.17. The molecule has 2 fully saturated rings.